The summed E-state index contributed by atoms with van der Waals surface area (Å²) in [6.45, 7) is 0.0922. The molecule has 0 amide bonds. The number of fused-ring (bicyclic) bond motifs is 1. The number of benzene rings is 1. The number of carboxylic acid groups (broad SMARTS) is 1. The van der Waals surface area contributed by atoms with Crippen LogP contribution in [0.2, 0.25) is 0 Å². The van der Waals surface area contributed by atoms with Crippen molar-refractivity contribution in [3.63, 3.8) is 0 Å². The van der Waals surface area contributed by atoms with E-state index in [0.29, 0.717) is 17.1 Å². The molecule has 106 valence electrons. The summed E-state index contributed by atoms with van der Waals surface area (Å²) in [5.74, 6) is -1.07. The molecule has 6 heteroatoms. The van der Waals surface area contributed by atoms with Crippen LogP contribution in [0.15, 0.2) is 48.7 Å². The predicted molar refractivity (Wildman–Crippen MR) is 72.9 cm³/mol. The van der Waals surface area contributed by atoms with Gasteiger partial charge in [0.15, 0.2) is 0 Å². The van der Waals surface area contributed by atoms with Crippen LogP contribution in [0.25, 0.3) is 5.65 Å². The van der Waals surface area contributed by atoms with E-state index in [1.807, 2.05) is 0 Å². The smallest absolute Gasteiger partial charge is 0.352 e. The molecule has 0 bridgehead atoms. The van der Waals surface area contributed by atoms with Crippen LogP contribution < -0.4 is 4.74 Å². The topological polar surface area (TPSA) is 63.8 Å². The number of halogens is 1. The molecule has 0 fully saturated rings. The quantitative estimate of drug-likeness (QED) is 0.801. The third kappa shape index (κ3) is 2.55. The molecule has 0 saturated heterocycles. The summed E-state index contributed by atoms with van der Waals surface area (Å²) < 4.78 is 20.1. The lowest BCUT2D eigenvalue weighted by molar-refractivity contribution is 0.0688. The molecule has 2 aromatic heterocycles. The Kier molecular flexibility index (Phi) is 3.27. The van der Waals surface area contributed by atoms with Crippen LogP contribution in [0.5, 0.6) is 5.75 Å². The Bertz CT molecular complexity index is 814. The Hall–Kier alpha value is -2.89. The zero-order valence-corrected chi connectivity index (χ0v) is 10.9. The fourth-order valence-electron chi connectivity index (χ4n) is 2.08. The fourth-order valence-corrected chi connectivity index (χ4v) is 2.08. The van der Waals surface area contributed by atoms with Crippen molar-refractivity contribution in [1.82, 2.24) is 9.38 Å². The summed E-state index contributed by atoms with van der Waals surface area (Å²) in [6.07, 6.45) is 1.54. The maximum atomic E-state index is 13.1. The molecule has 0 spiro atoms. The van der Waals surface area contributed by atoms with Gasteiger partial charge in [-0.1, -0.05) is 12.1 Å². The lowest BCUT2D eigenvalue weighted by atomic mass is 10.3. The largest absolute Gasteiger partial charge is 0.487 e. The van der Waals surface area contributed by atoms with E-state index in [-0.39, 0.29) is 12.3 Å². The number of carbonyl (C=O) groups is 1. The molecule has 0 unspecified atom stereocenters. The molecule has 3 rings (SSSR count). The van der Waals surface area contributed by atoms with Crippen LogP contribution >= 0.6 is 0 Å². The highest BCUT2D eigenvalue weighted by atomic mass is 19.1. The van der Waals surface area contributed by atoms with E-state index in [2.05, 4.69) is 4.98 Å². The third-order valence-corrected chi connectivity index (χ3v) is 3.00. The first-order valence-corrected chi connectivity index (χ1v) is 6.22. The zero-order valence-electron chi connectivity index (χ0n) is 10.9. The number of hydrogen-bond acceptors (Lipinski definition) is 3. The van der Waals surface area contributed by atoms with Crippen LogP contribution in [0.3, 0.4) is 0 Å². The van der Waals surface area contributed by atoms with Gasteiger partial charge in [0.25, 0.3) is 0 Å². The first-order chi connectivity index (χ1) is 10.1. The van der Waals surface area contributed by atoms with E-state index >= 15 is 0 Å². The lowest BCUT2D eigenvalue weighted by Gasteiger charge is -2.08. The summed E-state index contributed by atoms with van der Waals surface area (Å²) in [5, 5.41) is 9.21. The number of ether oxygens (including phenoxy) is 1. The summed E-state index contributed by atoms with van der Waals surface area (Å²) in [5.41, 5.74) is 1.20. The summed E-state index contributed by atoms with van der Waals surface area (Å²) >= 11 is 0. The molecular formula is C15H11FN2O3. The van der Waals surface area contributed by atoms with Crippen LogP contribution in [0.4, 0.5) is 4.39 Å². The number of hydrogen-bond donors (Lipinski definition) is 1. The van der Waals surface area contributed by atoms with Gasteiger partial charge < -0.3 is 9.84 Å². The van der Waals surface area contributed by atoms with E-state index in [1.165, 1.54) is 22.6 Å². The van der Waals surface area contributed by atoms with Gasteiger partial charge in [-0.15, -0.1) is 0 Å². The van der Waals surface area contributed by atoms with Gasteiger partial charge in [-0.3, -0.25) is 4.40 Å². The van der Waals surface area contributed by atoms with E-state index < -0.39 is 11.8 Å². The van der Waals surface area contributed by atoms with Gasteiger partial charge in [-0.05, 0) is 24.3 Å². The van der Waals surface area contributed by atoms with Gasteiger partial charge >= 0.3 is 5.97 Å². The van der Waals surface area contributed by atoms with Gasteiger partial charge in [0.2, 0.25) is 0 Å². The zero-order chi connectivity index (χ0) is 14.8. The lowest BCUT2D eigenvalue weighted by Crippen LogP contribution is -2.08. The second-order valence-corrected chi connectivity index (χ2v) is 4.41. The Balaban J connectivity index is 1.92. The molecule has 21 heavy (non-hydrogen) atoms. The Morgan fingerprint density at radius 3 is 2.86 bits per heavy atom. The third-order valence-electron chi connectivity index (χ3n) is 3.00. The number of carboxylic acids is 1. The second-order valence-electron chi connectivity index (χ2n) is 4.41. The minimum atomic E-state index is -1.05. The molecule has 2 heterocycles. The summed E-state index contributed by atoms with van der Waals surface area (Å²) in [6, 6.07) is 10.6. The Morgan fingerprint density at radius 1 is 1.29 bits per heavy atom. The first-order valence-electron chi connectivity index (χ1n) is 6.22. The average molecular weight is 286 g/mol. The first kappa shape index (κ1) is 13.1. The molecule has 1 N–H and O–H groups in total. The molecule has 5 nitrogen and oxygen atoms in total. The number of imidazole rings is 1. The standard InChI is InChI=1S/C15H11FN2O3/c16-10-3-1-4-12(7-10)21-9-11-8-17-14-6-2-5-13(15(19)20)18(11)14/h1-8H,9H2,(H,19,20). The predicted octanol–water partition coefficient (Wildman–Crippen LogP) is 2.75. The van der Waals surface area contributed by atoms with Gasteiger partial charge in [-0.25, -0.2) is 14.2 Å². The fraction of sp³-hybridized carbons (Fsp3) is 0.0667. The highest BCUT2D eigenvalue weighted by Gasteiger charge is 2.12. The van der Waals surface area contributed by atoms with E-state index in [1.54, 1.807) is 30.5 Å². The summed E-state index contributed by atoms with van der Waals surface area (Å²) in [7, 11) is 0. The normalized spacial score (nSPS) is 10.7. The molecule has 0 saturated carbocycles. The van der Waals surface area contributed by atoms with Crippen molar-refractivity contribution < 1.29 is 19.0 Å². The van der Waals surface area contributed by atoms with E-state index in [4.69, 9.17) is 4.74 Å². The number of nitrogens with zero attached hydrogens (tertiary/aromatic N) is 2. The van der Waals surface area contributed by atoms with Crippen molar-refractivity contribution in [2.45, 2.75) is 6.61 Å². The Labute approximate surface area is 119 Å². The van der Waals surface area contributed by atoms with Crippen LogP contribution in [-0.4, -0.2) is 20.5 Å². The summed E-state index contributed by atoms with van der Waals surface area (Å²) in [4.78, 5) is 15.4. The van der Waals surface area contributed by atoms with Crippen molar-refractivity contribution >= 4 is 11.6 Å². The van der Waals surface area contributed by atoms with E-state index in [9.17, 15) is 14.3 Å². The van der Waals surface area contributed by atoms with Crippen molar-refractivity contribution in [3.05, 3.63) is 65.9 Å². The van der Waals surface area contributed by atoms with Crippen molar-refractivity contribution in [2.24, 2.45) is 0 Å². The minimum Gasteiger partial charge on any atom is -0.487 e. The average Bonchev–Trinajstić information content (AvgIpc) is 2.88. The number of rotatable bonds is 4. The highest BCUT2D eigenvalue weighted by molar-refractivity contribution is 5.86. The van der Waals surface area contributed by atoms with Crippen LogP contribution in [-0.2, 0) is 6.61 Å². The number of pyridine rings is 1. The van der Waals surface area contributed by atoms with Crippen molar-refractivity contribution in [3.8, 4) is 5.75 Å². The molecule has 3 aromatic rings. The second kappa shape index (κ2) is 5.24. The monoisotopic (exact) mass is 286 g/mol. The molecule has 0 aliphatic carbocycles. The van der Waals surface area contributed by atoms with E-state index in [0.717, 1.165) is 0 Å². The van der Waals surface area contributed by atoms with Crippen molar-refractivity contribution in [2.75, 3.05) is 0 Å². The molecule has 0 radical (unpaired) electrons. The number of aromatic carboxylic acids is 1. The van der Waals surface area contributed by atoms with Crippen LogP contribution in [0, 0.1) is 5.82 Å². The number of aromatic nitrogens is 2. The molecule has 0 aliphatic rings. The maximum Gasteiger partial charge on any atom is 0.352 e. The Morgan fingerprint density at radius 2 is 2.10 bits per heavy atom. The molecular weight excluding hydrogens is 275 g/mol. The van der Waals surface area contributed by atoms with Gasteiger partial charge in [-0.2, -0.15) is 0 Å². The molecule has 0 aliphatic heterocycles. The molecule has 1 aromatic carbocycles. The van der Waals surface area contributed by atoms with Crippen molar-refractivity contribution in [1.29, 1.82) is 0 Å². The molecule has 0 atom stereocenters. The van der Waals surface area contributed by atoms with Gasteiger partial charge in [0.05, 0.1) is 11.9 Å². The van der Waals surface area contributed by atoms with Crippen LogP contribution in [0.1, 0.15) is 16.2 Å². The maximum absolute atomic E-state index is 13.1. The SMILES string of the molecule is O=C(O)c1cccc2ncc(COc3cccc(F)c3)n12. The van der Waals surface area contributed by atoms with Gasteiger partial charge in [0.1, 0.15) is 29.5 Å². The minimum absolute atomic E-state index is 0.0922. The van der Waals surface area contributed by atoms with Gasteiger partial charge in [0, 0.05) is 6.07 Å². The highest BCUT2D eigenvalue weighted by Crippen LogP contribution is 2.16.